The summed E-state index contributed by atoms with van der Waals surface area (Å²) in [6.45, 7) is 6.64. The van der Waals surface area contributed by atoms with Gasteiger partial charge in [-0.25, -0.2) is 0 Å². The van der Waals surface area contributed by atoms with Crippen LogP contribution < -0.4 is 5.32 Å². The van der Waals surface area contributed by atoms with E-state index in [0.29, 0.717) is 12.1 Å². The van der Waals surface area contributed by atoms with E-state index in [4.69, 9.17) is 0 Å². The second kappa shape index (κ2) is 6.69. The van der Waals surface area contributed by atoms with Gasteiger partial charge in [-0.2, -0.15) is 0 Å². The van der Waals surface area contributed by atoms with Crippen LogP contribution in [0.5, 0.6) is 0 Å². The van der Waals surface area contributed by atoms with Crippen LogP contribution >= 0.6 is 27.3 Å². The van der Waals surface area contributed by atoms with Gasteiger partial charge in [0.2, 0.25) is 0 Å². The number of rotatable bonds is 5. The fourth-order valence-electron chi connectivity index (χ4n) is 2.23. The topological polar surface area (TPSA) is 12.0 Å². The summed E-state index contributed by atoms with van der Waals surface area (Å²) in [7, 11) is 0. The van der Waals surface area contributed by atoms with Crippen LogP contribution in [0.2, 0.25) is 0 Å². The van der Waals surface area contributed by atoms with Gasteiger partial charge in [-0.3, -0.25) is 0 Å². The first-order chi connectivity index (χ1) is 9.04. The zero-order chi connectivity index (χ0) is 13.8. The van der Waals surface area contributed by atoms with Crippen LogP contribution in [0.4, 0.5) is 0 Å². The van der Waals surface area contributed by atoms with Crippen molar-refractivity contribution in [2.45, 2.75) is 39.3 Å². The number of hydrogen-bond donors (Lipinski definition) is 1. The fraction of sp³-hybridized carbons (Fsp3) is 0.375. The summed E-state index contributed by atoms with van der Waals surface area (Å²) in [4.78, 5) is 2.85. The van der Waals surface area contributed by atoms with Crippen LogP contribution in [0, 0.1) is 6.92 Å². The largest absolute Gasteiger partial charge is 0.307 e. The van der Waals surface area contributed by atoms with E-state index in [2.05, 4.69) is 78.4 Å². The first kappa shape index (κ1) is 14.8. The van der Waals surface area contributed by atoms with Crippen molar-refractivity contribution in [1.82, 2.24) is 5.32 Å². The van der Waals surface area contributed by atoms with Gasteiger partial charge in [-0.1, -0.05) is 28.1 Å². The van der Waals surface area contributed by atoms with E-state index in [9.17, 15) is 0 Å². The van der Waals surface area contributed by atoms with Gasteiger partial charge in [-0.15, -0.1) is 11.3 Å². The number of nitrogens with one attached hydrogen (secondary N) is 1. The molecule has 102 valence electrons. The predicted octanol–water partition coefficient (Wildman–Crippen LogP) is 5.10. The maximum absolute atomic E-state index is 3.66. The molecule has 3 heteroatoms. The molecule has 0 saturated heterocycles. The van der Waals surface area contributed by atoms with E-state index in [-0.39, 0.29) is 0 Å². The standard InChI is InChI=1S/C16H20BrNS/c1-11(10-16-9-4-12(2)19-16)18-13(3)14-5-7-15(17)8-6-14/h4-9,11,13,18H,10H2,1-3H3. The molecule has 2 atom stereocenters. The summed E-state index contributed by atoms with van der Waals surface area (Å²) in [6, 6.07) is 13.8. The SMILES string of the molecule is Cc1ccc(CC(C)NC(C)c2ccc(Br)cc2)s1. The molecule has 0 spiro atoms. The van der Waals surface area contributed by atoms with Gasteiger partial charge in [0, 0.05) is 26.3 Å². The molecule has 2 rings (SSSR count). The molecule has 0 radical (unpaired) electrons. The normalized spacial score (nSPS) is 14.3. The van der Waals surface area contributed by atoms with Crippen LogP contribution in [-0.2, 0) is 6.42 Å². The van der Waals surface area contributed by atoms with Crippen LogP contribution in [0.15, 0.2) is 40.9 Å². The van der Waals surface area contributed by atoms with E-state index < -0.39 is 0 Å². The Labute approximate surface area is 128 Å². The van der Waals surface area contributed by atoms with Crippen molar-refractivity contribution < 1.29 is 0 Å². The summed E-state index contributed by atoms with van der Waals surface area (Å²) in [5.74, 6) is 0. The Morgan fingerprint density at radius 1 is 1.11 bits per heavy atom. The highest BCUT2D eigenvalue weighted by Gasteiger charge is 2.10. The van der Waals surface area contributed by atoms with Crippen molar-refractivity contribution in [2.75, 3.05) is 0 Å². The van der Waals surface area contributed by atoms with Crippen molar-refractivity contribution in [3.05, 3.63) is 56.2 Å². The lowest BCUT2D eigenvalue weighted by atomic mass is 10.1. The second-order valence-electron chi connectivity index (χ2n) is 5.06. The van der Waals surface area contributed by atoms with Gasteiger partial charge in [0.1, 0.15) is 0 Å². The van der Waals surface area contributed by atoms with Crippen molar-refractivity contribution in [3.8, 4) is 0 Å². The first-order valence-electron chi connectivity index (χ1n) is 6.61. The Morgan fingerprint density at radius 2 is 1.79 bits per heavy atom. The molecule has 1 aromatic heterocycles. The lowest BCUT2D eigenvalue weighted by molar-refractivity contribution is 0.479. The molecule has 0 aliphatic rings. The molecule has 2 unspecified atom stereocenters. The molecule has 0 aliphatic heterocycles. The number of benzene rings is 1. The summed E-state index contributed by atoms with van der Waals surface area (Å²) >= 11 is 5.37. The van der Waals surface area contributed by atoms with Gasteiger partial charge in [0.15, 0.2) is 0 Å². The van der Waals surface area contributed by atoms with E-state index in [0.717, 1.165) is 10.9 Å². The minimum absolute atomic E-state index is 0.379. The number of hydrogen-bond acceptors (Lipinski definition) is 2. The minimum Gasteiger partial charge on any atom is -0.307 e. The monoisotopic (exact) mass is 337 g/mol. The van der Waals surface area contributed by atoms with E-state index >= 15 is 0 Å². The second-order valence-corrected chi connectivity index (χ2v) is 7.35. The van der Waals surface area contributed by atoms with Crippen LogP contribution in [0.3, 0.4) is 0 Å². The highest BCUT2D eigenvalue weighted by atomic mass is 79.9. The quantitative estimate of drug-likeness (QED) is 0.800. The zero-order valence-electron chi connectivity index (χ0n) is 11.6. The molecule has 0 amide bonds. The molecule has 0 fully saturated rings. The Hall–Kier alpha value is -0.640. The summed E-state index contributed by atoms with van der Waals surface area (Å²) in [5.41, 5.74) is 1.33. The van der Waals surface area contributed by atoms with Crippen molar-refractivity contribution >= 4 is 27.3 Å². The lowest BCUT2D eigenvalue weighted by Gasteiger charge is -2.20. The molecule has 1 heterocycles. The molecule has 1 nitrogen and oxygen atoms in total. The molecular weight excluding hydrogens is 318 g/mol. The molecule has 0 bridgehead atoms. The molecule has 1 N–H and O–H groups in total. The molecule has 1 aromatic carbocycles. The Morgan fingerprint density at radius 3 is 2.37 bits per heavy atom. The van der Waals surface area contributed by atoms with E-state index in [1.807, 2.05) is 11.3 Å². The smallest absolute Gasteiger partial charge is 0.0294 e. The average molecular weight is 338 g/mol. The van der Waals surface area contributed by atoms with Gasteiger partial charge in [0.05, 0.1) is 0 Å². The van der Waals surface area contributed by atoms with Gasteiger partial charge in [-0.05, 0) is 57.0 Å². The number of halogens is 1. The summed E-state index contributed by atoms with van der Waals surface area (Å²) in [5, 5.41) is 3.66. The summed E-state index contributed by atoms with van der Waals surface area (Å²) < 4.78 is 1.13. The van der Waals surface area contributed by atoms with Gasteiger partial charge >= 0.3 is 0 Å². The van der Waals surface area contributed by atoms with Crippen LogP contribution in [0.25, 0.3) is 0 Å². The maximum Gasteiger partial charge on any atom is 0.0294 e. The molecular formula is C16H20BrNS. The molecule has 0 aliphatic carbocycles. The fourth-order valence-corrected chi connectivity index (χ4v) is 3.51. The van der Waals surface area contributed by atoms with E-state index in [1.54, 1.807) is 0 Å². The van der Waals surface area contributed by atoms with E-state index in [1.165, 1.54) is 15.3 Å². The third-order valence-corrected chi connectivity index (χ3v) is 4.76. The van der Waals surface area contributed by atoms with Crippen molar-refractivity contribution in [2.24, 2.45) is 0 Å². The Kier molecular flexibility index (Phi) is 5.20. The Balaban J connectivity index is 1.91. The highest BCUT2D eigenvalue weighted by Crippen LogP contribution is 2.20. The average Bonchev–Trinajstić information content (AvgIpc) is 2.75. The molecule has 2 aromatic rings. The highest BCUT2D eigenvalue weighted by molar-refractivity contribution is 9.10. The number of thiophene rings is 1. The minimum atomic E-state index is 0.379. The molecule has 19 heavy (non-hydrogen) atoms. The lowest BCUT2D eigenvalue weighted by Crippen LogP contribution is -2.30. The third-order valence-electron chi connectivity index (χ3n) is 3.21. The van der Waals surface area contributed by atoms with Gasteiger partial charge in [0.25, 0.3) is 0 Å². The number of aryl methyl sites for hydroxylation is 1. The van der Waals surface area contributed by atoms with Crippen LogP contribution in [0.1, 0.15) is 35.2 Å². The van der Waals surface area contributed by atoms with Crippen molar-refractivity contribution in [3.63, 3.8) is 0 Å². The molecule has 0 saturated carbocycles. The maximum atomic E-state index is 3.66. The first-order valence-corrected chi connectivity index (χ1v) is 8.22. The van der Waals surface area contributed by atoms with Crippen LogP contribution in [-0.4, -0.2) is 6.04 Å². The zero-order valence-corrected chi connectivity index (χ0v) is 14.0. The third kappa shape index (κ3) is 4.44. The predicted molar refractivity (Wildman–Crippen MR) is 87.9 cm³/mol. The summed E-state index contributed by atoms with van der Waals surface area (Å²) in [6.07, 6.45) is 1.10. The Bertz CT molecular complexity index is 518. The van der Waals surface area contributed by atoms with Gasteiger partial charge < -0.3 is 5.32 Å². The van der Waals surface area contributed by atoms with Crippen molar-refractivity contribution in [1.29, 1.82) is 0 Å².